The van der Waals surface area contributed by atoms with E-state index in [-0.39, 0.29) is 11.0 Å². The van der Waals surface area contributed by atoms with Crippen molar-refractivity contribution in [3.63, 3.8) is 0 Å². The quantitative estimate of drug-likeness (QED) is 0.698. The highest BCUT2D eigenvalue weighted by Gasteiger charge is 2.16. The number of hydrogen-bond donors (Lipinski definition) is 1. The standard InChI is InChI=1S/C8H10ClN3O2/c9-8-10-5-6(13)7(11-8)12-1-3-14-4-2-12/h5,13H,1-4H2. The summed E-state index contributed by atoms with van der Waals surface area (Å²) in [5, 5.41) is 9.66. The molecule has 0 radical (unpaired) electrons. The van der Waals surface area contributed by atoms with E-state index in [0.29, 0.717) is 32.1 Å². The van der Waals surface area contributed by atoms with Crippen molar-refractivity contribution in [3.05, 3.63) is 11.5 Å². The number of morpholine rings is 1. The molecule has 1 saturated heterocycles. The van der Waals surface area contributed by atoms with E-state index in [1.54, 1.807) is 0 Å². The van der Waals surface area contributed by atoms with Gasteiger partial charge in [0, 0.05) is 13.1 Å². The van der Waals surface area contributed by atoms with Crippen LogP contribution in [0.4, 0.5) is 5.82 Å². The van der Waals surface area contributed by atoms with Crippen LogP contribution < -0.4 is 4.90 Å². The summed E-state index contributed by atoms with van der Waals surface area (Å²) in [6, 6.07) is 0. The minimum Gasteiger partial charge on any atom is -0.503 e. The first kappa shape index (κ1) is 9.48. The van der Waals surface area contributed by atoms with Gasteiger partial charge in [-0.2, -0.15) is 4.98 Å². The Hall–Kier alpha value is -1.07. The van der Waals surface area contributed by atoms with Crippen LogP contribution in [-0.2, 0) is 4.74 Å². The number of aromatic nitrogens is 2. The van der Waals surface area contributed by atoms with Crippen LogP contribution in [0.15, 0.2) is 6.20 Å². The number of anilines is 1. The Bertz CT molecular complexity index is 328. The zero-order chi connectivity index (χ0) is 9.97. The van der Waals surface area contributed by atoms with Crippen LogP contribution >= 0.6 is 11.6 Å². The smallest absolute Gasteiger partial charge is 0.224 e. The lowest BCUT2D eigenvalue weighted by Crippen LogP contribution is -2.36. The summed E-state index contributed by atoms with van der Waals surface area (Å²) in [6.45, 7) is 2.70. The predicted molar refractivity (Wildman–Crippen MR) is 51.7 cm³/mol. The van der Waals surface area contributed by atoms with Crippen molar-refractivity contribution in [1.29, 1.82) is 0 Å². The van der Waals surface area contributed by atoms with Crippen molar-refractivity contribution < 1.29 is 9.84 Å². The number of ether oxygens (including phenoxy) is 1. The summed E-state index contributed by atoms with van der Waals surface area (Å²) in [5.41, 5.74) is 0. The molecule has 1 aliphatic heterocycles. The lowest BCUT2D eigenvalue weighted by atomic mass is 10.4. The van der Waals surface area contributed by atoms with E-state index in [9.17, 15) is 5.11 Å². The fraction of sp³-hybridized carbons (Fsp3) is 0.500. The molecule has 76 valence electrons. The van der Waals surface area contributed by atoms with Crippen LogP contribution in [0.5, 0.6) is 5.75 Å². The lowest BCUT2D eigenvalue weighted by Gasteiger charge is -2.27. The zero-order valence-electron chi connectivity index (χ0n) is 7.48. The Balaban J connectivity index is 2.24. The molecular formula is C8H10ClN3O2. The van der Waals surface area contributed by atoms with E-state index in [2.05, 4.69) is 9.97 Å². The van der Waals surface area contributed by atoms with Gasteiger partial charge in [0.1, 0.15) is 0 Å². The van der Waals surface area contributed by atoms with Crippen LogP contribution in [0.1, 0.15) is 0 Å². The first-order chi connectivity index (χ1) is 6.77. The van der Waals surface area contributed by atoms with Crippen molar-refractivity contribution in [2.75, 3.05) is 31.2 Å². The molecule has 0 aromatic carbocycles. The average molecular weight is 216 g/mol. The highest BCUT2D eigenvalue weighted by atomic mass is 35.5. The third kappa shape index (κ3) is 1.88. The summed E-state index contributed by atoms with van der Waals surface area (Å²) in [5.74, 6) is 0.532. The highest BCUT2D eigenvalue weighted by molar-refractivity contribution is 6.28. The van der Waals surface area contributed by atoms with Gasteiger partial charge in [-0.25, -0.2) is 4.98 Å². The molecule has 1 N–H and O–H groups in total. The highest BCUT2D eigenvalue weighted by Crippen LogP contribution is 2.25. The maximum absolute atomic E-state index is 9.52. The van der Waals surface area contributed by atoms with Gasteiger partial charge in [0.05, 0.1) is 19.4 Å². The van der Waals surface area contributed by atoms with Gasteiger partial charge in [0.25, 0.3) is 0 Å². The molecular weight excluding hydrogens is 206 g/mol. The maximum Gasteiger partial charge on any atom is 0.224 e. The molecule has 14 heavy (non-hydrogen) atoms. The molecule has 6 heteroatoms. The van der Waals surface area contributed by atoms with E-state index in [0.717, 1.165) is 0 Å². The molecule has 0 spiro atoms. The number of rotatable bonds is 1. The Labute approximate surface area is 86.3 Å². The van der Waals surface area contributed by atoms with Gasteiger partial charge in [0.15, 0.2) is 11.6 Å². The lowest BCUT2D eigenvalue weighted by molar-refractivity contribution is 0.122. The van der Waals surface area contributed by atoms with Gasteiger partial charge in [-0.3, -0.25) is 0 Å². The summed E-state index contributed by atoms with van der Waals surface area (Å²) in [7, 11) is 0. The van der Waals surface area contributed by atoms with Gasteiger partial charge in [0.2, 0.25) is 5.28 Å². The molecule has 0 bridgehead atoms. The Morgan fingerprint density at radius 2 is 2.14 bits per heavy atom. The second-order valence-electron chi connectivity index (χ2n) is 2.95. The minimum atomic E-state index is 0.0521. The van der Waals surface area contributed by atoms with Crippen molar-refractivity contribution in [2.45, 2.75) is 0 Å². The van der Waals surface area contributed by atoms with E-state index >= 15 is 0 Å². The second-order valence-corrected chi connectivity index (χ2v) is 3.29. The molecule has 1 fully saturated rings. The molecule has 0 aliphatic carbocycles. The van der Waals surface area contributed by atoms with Gasteiger partial charge < -0.3 is 14.7 Å². The maximum atomic E-state index is 9.52. The first-order valence-electron chi connectivity index (χ1n) is 4.31. The first-order valence-corrected chi connectivity index (χ1v) is 4.69. The van der Waals surface area contributed by atoms with Crippen LogP contribution in [0.3, 0.4) is 0 Å². The molecule has 0 saturated carbocycles. The van der Waals surface area contributed by atoms with Crippen molar-refractivity contribution >= 4 is 17.4 Å². The minimum absolute atomic E-state index is 0.0521. The molecule has 5 nitrogen and oxygen atoms in total. The molecule has 0 amide bonds. The fourth-order valence-corrected chi connectivity index (χ4v) is 1.48. The Kier molecular flexibility index (Phi) is 2.69. The topological polar surface area (TPSA) is 58.5 Å². The molecule has 0 atom stereocenters. The van der Waals surface area contributed by atoms with Crippen LogP contribution in [0.25, 0.3) is 0 Å². The molecule has 1 aliphatic rings. The monoisotopic (exact) mass is 215 g/mol. The number of halogens is 1. The van der Waals surface area contributed by atoms with Crippen LogP contribution in [0, 0.1) is 0 Å². The van der Waals surface area contributed by atoms with Crippen molar-refractivity contribution in [2.24, 2.45) is 0 Å². The summed E-state index contributed by atoms with van der Waals surface area (Å²) in [4.78, 5) is 9.57. The van der Waals surface area contributed by atoms with Gasteiger partial charge in [-0.15, -0.1) is 0 Å². The molecule has 2 rings (SSSR count). The van der Waals surface area contributed by atoms with Crippen molar-refractivity contribution in [3.8, 4) is 5.75 Å². The zero-order valence-corrected chi connectivity index (χ0v) is 8.24. The average Bonchev–Trinajstić information content (AvgIpc) is 2.23. The number of hydrogen-bond acceptors (Lipinski definition) is 5. The van der Waals surface area contributed by atoms with Gasteiger partial charge in [-0.05, 0) is 11.6 Å². The van der Waals surface area contributed by atoms with E-state index in [4.69, 9.17) is 16.3 Å². The molecule has 1 aromatic heterocycles. The molecule has 1 aromatic rings. The summed E-state index contributed by atoms with van der Waals surface area (Å²) in [6.07, 6.45) is 1.31. The van der Waals surface area contributed by atoms with E-state index in [1.165, 1.54) is 6.20 Å². The number of aromatic hydroxyl groups is 1. The van der Waals surface area contributed by atoms with Crippen LogP contribution in [0.2, 0.25) is 5.28 Å². The molecule has 2 heterocycles. The Morgan fingerprint density at radius 1 is 1.43 bits per heavy atom. The normalized spacial score (nSPS) is 17.1. The largest absolute Gasteiger partial charge is 0.503 e. The van der Waals surface area contributed by atoms with E-state index < -0.39 is 0 Å². The van der Waals surface area contributed by atoms with Crippen LogP contribution in [-0.4, -0.2) is 41.4 Å². The van der Waals surface area contributed by atoms with E-state index in [1.807, 2.05) is 4.90 Å². The predicted octanol–water partition coefficient (Wildman–Crippen LogP) is 0.672. The third-order valence-electron chi connectivity index (χ3n) is 2.03. The SMILES string of the molecule is Oc1cnc(Cl)nc1N1CCOCC1. The Morgan fingerprint density at radius 3 is 2.86 bits per heavy atom. The molecule has 0 unspecified atom stereocenters. The summed E-state index contributed by atoms with van der Waals surface area (Å²) >= 11 is 5.64. The summed E-state index contributed by atoms with van der Waals surface area (Å²) < 4.78 is 5.19. The van der Waals surface area contributed by atoms with Crippen molar-refractivity contribution in [1.82, 2.24) is 9.97 Å². The van der Waals surface area contributed by atoms with Gasteiger partial charge >= 0.3 is 0 Å². The van der Waals surface area contributed by atoms with Gasteiger partial charge in [-0.1, -0.05) is 0 Å². The fourth-order valence-electron chi connectivity index (χ4n) is 1.35. The third-order valence-corrected chi connectivity index (χ3v) is 2.21. The number of nitrogens with zero attached hydrogens (tertiary/aromatic N) is 3. The second kappa shape index (κ2) is 3.98.